The average molecular weight is 374 g/mol. The predicted molar refractivity (Wildman–Crippen MR) is 112 cm³/mol. The van der Waals surface area contributed by atoms with E-state index in [9.17, 15) is 9.59 Å². The molecule has 2 aliphatic rings. The minimum Gasteiger partial charge on any atom is -0.351 e. The van der Waals surface area contributed by atoms with E-state index in [0.29, 0.717) is 0 Å². The predicted octanol–water partition coefficient (Wildman–Crippen LogP) is 4.24. The second-order valence-electron chi connectivity index (χ2n) is 7.86. The van der Waals surface area contributed by atoms with Crippen molar-refractivity contribution < 1.29 is 9.59 Å². The lowest BCUT2D eigenvalue weighted by atomic mass is 9.80. The van der Waals surface area contributed by atoms with Gasteiger partial charge in [-0.2, -0.15) is 0 Å². The molecule has 1 saturated heterocycles. The molecule has 1 aliphatic heterocycles. The molecule has 1 saturated carbocycles. The first-order valence-corrected chi connectivity index (χ1v) is 10.0. The van der Waals surface area contributed by atoms with Crippen LogP contribution in [-0.4, -0.2) is 23.4 Å². The number of hydrogen-bond acceptors (Lipinski definition) is 2. The highest BCUT2D eigenvalue weighted by Gasteiger charge is 2.55. The molecule has 0 unspecified atom stereocenters. The quantitative estimate of drug-likeness (QED) is 0.796. The van der Waals surface area contributed by atoms with E-state index in [1.165, 1.54) is 0 Å². The molecule has 1 aliphatic carbocycles. The van der Waals surface area contributed by atoms with Gasteiger partial charge in [0.2, 0.25) is 5.91 Å². The molecule has 2 amide bonds. The number of aryl methyl sites for hydroxylation is 1. The largest absolute Gasteiger partial charge is 0.351 e. The number of carbonyl (C=O) groups excluding carboxylic acids is 2. The van der Waals surface area contributed by atoms with Gasteiger partial charge in [0.25, 0.3) is 5.91 Å². The molecule has 2 fully saturated rings. The summed E-state index contributed by atoms with van der Waals surface area (Å²) in [4.78, 5) is 27.6. The highest BCUT2D eigenvalue weighted by Crippen LogP contribution is 2.39. The Hall–Kier alpha value is -2.88. The maximum atomic E-state index is 13.4. The van der Waals surface area contributed by atoms with E-state index in [1.807, 2.05) is 73.7 Å². The molecule has 2 aromatic rings. The van der Waals surface area contributed by atoms with E-state index < -0.39 is 5.54 Å². The molecular weight excluding hydrogens is 348 g/mol. The number of carbonyl (C=O) groups is 2. The van der Waals surface area contributed by atoms with E-state index in [2.05, 4.69) is 5.32 Å². The fourth-order valence-corrected chi connectivity index (χ4v) is 4.16. The molecule has 0 radical (unpaired) electrons. The monoisotopic (exact) mass is 374 g/mol. The number of hydrogen-bond donors (Lipinski definition) is 1. The zero-order valence-electron chi connectivity index (χ0n) is 16.2. The van der Waals surface area contributed by atoms with Crippen molar-refractivity contribution in [3.05, 3.63) is 71.8 Å². The molecule has 0 spiro atoms. The van der Waals surface area contributed by atoms with Crippen molar-refractivity contribution in [1.29, 1.82) is 0 Å². The van der Waals surface area contributed by atoms with Gasteiger partial charge in [-0.05, 0) is 43.5 Å². The third-order valence-electron chi connectivity index (χ3n) is 5.80. The number of amides is 2. The van der Waals surface area contributed by atoms with Crippen LogP contribution in [0.15, 0.2) is 60.7 Å². The van der Waals surface area contributed by atoms with Gasteiger partial charge in [0.15, 0.2) is 5.54 Å². The molecule has 0 aromatic heterocycles. The lowest BCUT2D eigenvalue weighted by Crippen LogP contribution is -2.70. The summed E-state index contributed by atoms with van der Waals surface area (Å²) in [6, 6.07) is 17.9. The van der Waals surface area contributed by atoms with Gasteiger partial charge in [-0.15, -0.1) is 0 Å². The van der Waals surface area contributed by atoms with Crippen LogP contribution in [0.2, 0.25) is 0 Å². The highest BCUT2D eigenvalue weighted by molar-refractivity contribution is 6.15. The standard InChI is InChI=1S/C24H26N2O2/c1-18-11-13-21(14-12-18)26-22(27)17-24(26,16-15-19-7-3-2-4-8-19)23(28)25-20-9-5-6-10-20/h2-4,7-8,11-16,20H,5-6,9-10,17H2,1H3,(H,25,28)/b16-15+/t24-/m0/s1. The Kier molecular flexibility index (Phi) is 5.03. The molecule has 2 aromatic carbocycles. The summed E-state index contributed by atoms with van der Waals surface area (Å²) in [5.74, 6) is -0.102. The van der Waals surface area contributed by atoms with Crippen molar-refractivity contribution in [2.75, 3.05) is 4.90 Å². The van der Waals surface area contributed by atoms with E-state index >= 15 is 0 Å². The second kappa shape index (κ2) is 7.63. The van der Waals surface area contributed by atoms with Crippen molar-refractivity contribution in [1.82, 2.24) is 5.32 Å². The van der Waals surface area contributed by atoms with Crippen molar-refractivity contribution in [3.63, 3.8) is 0 Å². The maximum Gasteiger partial charge on any atom is 0.251 e. The fourth-order valence-electron chi connectivity index (χ4n) is 4.16. The zero-order valence-corrected chi connectivity index (χ0v) is 16.2. The topological polar surface area (TPSA) is 49.4 Å². The van der Waals surface area contributed by atoms with Gasteiger partial charge in [-0.3, -0.25) is 14.5 Å². The van der Waals surface area contributed by atoms with Crippen LogP contribution in [0.4, 0.5) is 5.69 Å². The summed E-state index contributed by atoms with van der Waals surface area (Å²) in [7, 11) is 0. The van der Waals surface area contributed by atoms with Crippen molar-refractivity contribution in [3.8, 4) is 0 Å². The summed E-state index contributed by atoms with van der Waals surface area (Å²) in [5.41, 5.74) is 1.93. The highest BCUT2D eigenvalue weighted by atomic mass is 16.2. The zero-order chi connectivity index (χ0) is 19.6. The van der Waals surface area contributed by atoms with E-state index in [0.717, 1.165) is 42.5 Å². The van der Waals surface area contributed by atoms with Gasteiger partial charge in [-0.25, -0.2) is 0 Å². The molecule has 4 heteroatoms. The molecule has 0 bridgehead atoms. The van der Waals surface area contributed by atoms with E-state index in [-0.39, 0.29) is 24.3 Å². The van der Waals surface area contributed by atoms with Crippen LogP contribution >= 0.6 is 0 Å². The molecule has 4 rings (SSSR count). The Morgan fingerprint density at radius 3 is 2.39 bits per heavy atom. The van der Waals surface area contributed by atoms with Crippen LogP contribution in [0.1, 0.15) is 43.2 Å². The number of anilines is 1. The van der Waals surface area contributed by atoms with Crippen LogP contribution in [0.5, 0.6) is 0 Å². The van der Waals surface area contributed by atoms with Gasteiger partial charge in [0.1, 0.15) is 0 Å². The minimum absolute atomic E-state index is 0.0249. The van der Waals surface area contributed by atoms with Crippen LogP contribution in [0, 0.1) is 6.92 Å². The Bertz CT molecular complexity index is 883. The minimum atomic E-state index is -0.967. The third-order valence-corrected chi connectivity index (χ3v) is 5.80. The number of nitrogens with one attached hydrogen (secondary N) is 1. The summed E-state index contributed by atoms with van der Waals surface area (Å²) in [6.07, 6.45) is 8.38. The van der Waals surface area contributed by atoms with Gasteiger partial charge >= 0.3 is 0 Å². The number of rotatable bonds is 5. The van der Waals surface area contributed by atoms with E-state index in [4.69, 9.17) is 0 Å². The van der Waals surface area contributed by atoms with Crippen LogP contribution in [0.25, 0.3) is 6.08 Å². The number of benzene rings is 2. The molecule has 28 heavy (non-hydrogen) atoms. The second-order valence-corrected chi connectivity index (χ2v) is 7.86. The first-order chi connectivity index (χ1) is 13.6. The van der Waals surface area contributed by atoms with Crippen molar-refractivity contribution in [2.24, 2.45) is 0 Å². The first-order valence-electron chi connectivity index (χ1n) is 10.0. The van der Waals surface area contributed by atoms with Gasteiger partial charge in [0, 0.05) is 11.7 Å². The molecule has 1 heterocycles. The van der Waals surface area contributed by atoms with Crippen LogP contribution in [0.3, 0.4) is 0 Å². The van der Waals surface area contributed by atoms with Crippen LogP contribution < -0.4 is 10.2 Å². The maximum absolute atomic E-state index is 13.4. The van der Waals surface area contributed by atoms with Gasteiger partial charge < -0.3 is 5.32 Å². The summed E-state index contributed by atoms with van der Waals surface area (Å²) in [5, 5.41) is 3.21. The normalized spacial score (nSPS) is 22.5. The smallest absolute Gasteiger partial charge is 0.251 e. The molecule has 1 atom stereocenters. The first kappa shape index (κ1) is 18.5. The lowest BCUT2D eigenvalue weighted by molar-refractivity contribution is -0.137. The van der Waals surface area contributed by atoms with Gasteiger partial charge in [0.05, 0.1) is 6.42 Å². The molecule has 144 valence electrons. The third kappa shape index (κ3) is 3.47. The van der Waals surface area contributed by atoms with Crippen molar-refractivity contribution >= 4 is 23.6 Å². The van der Waals surface area contributed by atoms with Crippen LogP contribution in [-0.2, 0) is 9.59 Å². The Labute approximate surface area is 166 Å². The van der Waals surface area contributed by atoms with E-state index in [1.54, 1.807) is 4.90 Å². The Morgan fingerprint density at radius 1 is 1.07 bits per heavy atom. The molecule has 4 nitrogen and oxygen atoms in total. The molecule has 1 N–H and O–H groups in total. The Balaban J connectivity index is 1.68. The number of nitrogens with zero attached hydrogens (tertiary/aromatic N) is 1. The van der Waals surface area contributed by atoms with Gasteiger partial charge in [-0.1, -0.05) is 66.9 Å². The fraction of sp³-hybridized carbons (Fsp3) is 0.333. The summed E-state index contributed by atoms with van der Waals surface area (Å²) >= 11 is 0. The average Bonchev–Trinajstić information content (AvgIpc) is 3.20. The Morgan fingerprint density at radius 2 is 1.75 bits per heavy atom. The van der Waals surface area contributed by atoms with Crippen molar-refractivity contribution in [2.45, 2.75) is 50.6 Å². The lowest BCUT2D eigenvalue weighted by Gasteiger charge is -2.49. The molecular formula is C24H26N2O2. The number of β-lactam (4-membered cyclic amide) rings is 1. The summed E-state index contributed by atoms with van der Waals surface area (Å²) in [6.45, 7) is 2.01. The summed E-state index contributed by atoms with van der Waals surface area (Å²) < 4.78 is 0. The SMILES string of the molecule is Cc1ccc(N2C(=O)C[C@@]2(/C=C/c2ccccc2)C(=O)NC2CCCC2)cc1.